The summed E-state index contributed by atoms with van der Waals surface area (Å²) in [5.41, 5.74) is 1.14. The number of nitrogens with one attached hydrogen (secondary N) is 1. The van der Waals surface area contributed by atoms with Crippen molar-refractivity contribution in [1.29, 1.82) is 0 Å². The maximum Gasteiger partial charge on any atom is 0.271 e. The molecule has 178 valence electrons. The monoisotopic (exact) mass is 445 g/mol. The molecule has 1 N–H and O–H groups in total. The van der Waals surface area contributed by atoms with Crippen LogP contribution < -0.4 is 5.32 Å². The molecule has 0 radical (unpaired) electrons. The summed E-state index contributed by atoms with van der Waals surface area (Å²) in [7, 11) is 1.65. The molecule has 2 amide bonds. The Bertz CT molecular complexity index is 933. The second-order valence-corrected chi connectivity index (χ2v) is 9.21. The number of methoxy groups -OCH3 is 1. The number of nitrogens with zero attached hydrogens (tertiary/aromatic N) is 2. The molecular weight excluding hydrogens is 406 g/mol. The molecule has 0 bridgehead atoms. The highest BCUT2D eigenvalue weighted by Gasteiger charge is 2.48. The first-order valence-corrected chi connectivity index (χ1v) is 12.1. The Kier molecular flexibility index (Phi) is 7.70. The predicted octanol–water partition coefficient (Wildman–Crippen LogP) is 4.45. The van der Waals surface area contributed by atoms with Gasteiger partial charge in [-0.1, -0.05) is 40.5 Å². The fraction of sp³-hybridized carbons (Fsp3) is 0.680. The van der Waals surface area contributed by atoms with E-state index in [2.05, 4.69) is 19.2 Å². The Hall–Kier alpha value is -2.28. The van der Waals surface area contributed by atoms with E-state index in [9.17, 15) is 9.59 Å². The van der Waals surface area contributed by atoms with Crippen LogP contribution in [-0.2, 0) is 16.1 Å². The van der Waals surface area contributed by atoms with E-state index < -0.39 is 5.54 Å². The van der Waals surface area contributed by atoms with Gasteiger partial charge in [-0.05, 0) is 31.6 Å². The van der Waals surface area contributed by atoms with Crippen molar-refractivity contribution in [3.63, 3.8) is 0 Å². The second kappa shape index (κ2) is 10.1. The van der Waals surface area contributed by atoms with Crippen LogP contribution in [0, 0.1) is 11.8 Å². The molecule has 0 spiro atoms. The van der Waals surface area contributed by atoms with Crippen molar-refractivity contribution >= 4 is 22.9 Å². The summed E-state index contributed by atoms with van der Waals surface area (Å²) >= 11 is 0. The van der Waals surface area contributed by atoms with Crippen molar-refractivity contribution in [3.05, 3.63) is 24.1 Å². The lowest BCUT2D eigenvalue weighted by Crippen LogP contribution is -2.65. The van der Waals surface area contributed by atoms with Crippen LogP contribution in [0.1, 0.15) is 70.8 Å². The lowest BCUT2D eigenvalue weighted by atomic mass is 9.77. The van der Waals surface area contributed by atoms with Gasteiger partial charge in [-0.25, -0.2) is 0 Å². The number of carbonyl (C=O) groups is 2. The molecule has 1 fully saturated rings. The Morgan fingerprint density at radius 1 is 1.31 bits per heavy atom. The summed E-state index contributed by atoms with van der Waals surface area (Å²) in [6, 6.07) is 3.79. The number of hydrogen-bond donors (Lipinski definition) is 1. The Balaban J connectivity index is 0.00000141. The van der Waals surface area contributed by atoms with Gasteiger partial charge in [0.15, 0.2) is 5.58 Å². The quantitative estimate of drug-likeness (QED) is 0.667. The van der Waals surface area contributed by atoms with Crippen LogP contribution in [0.4, 0.5) is 0 Å². The SMILES string of the molecule is CC.COCCCN1C(=O)c2cc3occc3n2CC1(C)C(=O)NC1CCCC(C)C1C. The summed E-state index contributed by atoms with van der Waals surface area (Å²) in [5.74, 6) is 0.807. The predicted molar refractivity (Wildman–Crippen MR) is 126 cm³/mol. The van der Waals surface area contributed by atoms with E-state index in [4.69, 9.17) is 9.15 Å². The standard InChI is InChI=1S/C23H33N3O4.C2H6/c1-15-7-5-8-17(16(15)2)24-22(28)23(3)14-25-18-9-12-30-20(18)13-19(25)21(27)26(23)10-6-11-29-4;1-2/h9,12-13,15-17H,5-8,10-11,14H2,1-4H3,(H,24,28);1-2H3. The topological polar surface area (TPSA) is 76.7 Å². The van der Waals surface area contributed by atoms with Crippen LogP contribution in [0.15, 0.2) is 22.8 Å². The van der Waals surface area contributed by atoms with Crippen molar-refractivity contribution < 1.29 is 18.7 Å². The summed E-state index contributed by atoms with van der Waals surface area (Å²) < 4.78 is 12.6. The highest BCUT2D eigenvalue weighted by Crippen LogP contribution is 2.34. The summed E-state index contributed by atoms with van der Waals surface area (Å²) in [6.45, 7) is 11.8. The lowest BCUT2D eigenvalue weighted by molar-refractivity contribution is -0.134. The molecule has 4 atom stereocenters. The molecular formula is C25H39N3O4. The summed E-state index contributed by atoms with van der Waals surface area (Å²) in [6.07, 6.45) is 5.62. The maximum atomic E-state index is 13.7. The van der Waals surface area contributed by atoms with Crippen LogP contribution in [-0.4, -0.2) is 53.1 Å². The molecule has 4 unspecified atom stereocenters. The number of aromatic nitrogens is 1. The van der Waals surface area contributed by atoms with E-state index in [1.54, 1.807) is 24.3 Å². The van der Waals surface area contributed by atoms with E-state index in [-0.39, 0.29) is 17.9 Å². The van der Waals surface area contributed by atoms with Crippen LogP contribution in [0.2, 0.25) is 0 Å². The second-order valence-electron chi connectivity index (χ2n) is 9.21. The van der Waals surface area contributed by atoms with E-state index in [1.807, 2.05) is 31.4 Å². The average Bonchev–Trinajstić information content (AvgIpc) is 3.38. The highest BCUT2D eigenvalue weighted by molar-refractivity contribution is 6.02. The van der Waals surface area contributed by atoms with E-state index >= 15 is 0 Å². The zero-order valence-corrected chi connectivity index (χ0v) is 20.4. The average molecular weight is 446 g/mol. The molecule has 7 nitrogen and oxygen atoms in total. The normalized spacial score (nSPS) is 27.6. The van der Waals surface area contributed by atoms with Crippen LogP contribution in [0.3, 0.4) is 0 Å². The van der Waals surface area contributed by atoms with Gasteiger partial charge in [0.2, 0.25) is 5.91 Å². The largest absolute Gasteiger partial charge is 0.463 e. The van der Waals surface area contributed by atoms with E-state index in [0.29, 0.717) is 49.2 Å². The van der Waals surface area contributed by atoms with Gasteiger partial charge in [0, 0.05) is 38.4 Å². The molecule has 0 aromatic carbocycles. The fourth-order valence-electron chi connectivity index (χ4n) is 5.10. The summed E-state index contributed by atoms with van der Waals surface area (Å²) in [5, 5.41) is 3.31. The van der Waals surface area contributed by atoms with Crippen molar-refractivity contribution in [1.82, 2.24) is 14.8 Å². The van der Waals surface area contributed by atoms with Gasteiger partial charge in [-0.3, -0.25) is 9.59 Å². The molecule has 3 heterocycles. The number of rotatable bonds is 6. The van der Waals surface area contributed by atoms with E-state index in [0.717, 1.165) is 18.4 Å². The molecule has 7 heteroatoms. The molecule has 32 heavy (non-hydrogen) atoms. The highest BCUT2D eigenvalue weighted by atomic mass is 16.5. The molecule has 4 rings (SSSR count). The van der Waals surface area contributed by atoms with Gasteiger partial charge in [0.25, 0.3) is 5.91 Å². The molecule has 2 aliphatic rings. The Labute approximate surface area is 191 Å². The van der Waals surface area contributed by atoms with Crippen molar-refractivity contribution in [2.24, 2.45) is 11.8 Å². The first-order chi connectivity index (χ1) is 15.4. The van der Waals surface area contributed by atoms with Gasteiger partial charge in [0.1, 0.15) is 11.2 Å². The number of furan rings is 1. The van der Waals surface area contributed by atoms with Crippen molar-refractivity contribution in [3.8, 4) is 0 Å². The molecule has 1 aliphatic carbocycles. The molecule has 2 aromatic rings. The minimum absolute atomic E-state index is 0.0739. The number of amides is 2. The fourth-order valence-corrected chi connectivity index (χ4v) is 5.10. The molecule has 1 aliphatic heterocycles. The maximum absolute atomic E-state index is 13.7. The molecule has 2 aromatic heterocycles. The van der Waals surface area contributed by atoms with Crippen LogP contribution in [0.25, 0.3) is 11.1 Å². The smallest absolute Gasteiger partial charge is 0.271 e. The lowest BCUT2D eigenvalue weighted by Gasteiger charge is -2.45. The molecule has 0 saturated heterocycles. The van der Waals surface area contributed by atoms with E-state index in [1.165, 1.54) is 6.42 Å². The third-order valence-electron chi connectivity index (χ3n) is 7.29. The van der Waals surface area contributed by atoms with Gasteiger partial charge >= 0.3 is 0 Å². The zero-order valence-electron chi connectivity index (χ0n) is 20.4. The molecule has 1 saturated carbocycles. The minimum atomic E-state index is -0.971. The number of fused-ring (bicyclic) bond motifs is 3. The zero-order chi connectivity index (χ0) is 23.5. The third-order valence-corrected chi connectivity index (χ3v) is 7.29. The summed E-state index contributed by atoms with van der Waals surface area (Å²) in [4.78, 5) is 28.8. The number of hydrogen-bond acceptors (Lipinski definition) is 4. The van der Waals surface area contributed by atoms with Gasteiger partial charge in [-0.15, -0.1) is 0 Å². The van der Waals surface area contributed by atoms with Gasteiger partial charge in [-0.2, -0.15) is 0 Å². The van der Waals surface area contributed by atoms with Crippen LogP contribution in [0.5, 0.6) is 0 Å². The minimum Gasteiger partial charge on any atom is -0.463 e. The first kappa shape index (κ1) is 24.4. The van der Waals surface area contributed by atoms with Crippen molar-refractivity contribution in [2.75, 3.05) is 20.3 Å². The number of ether oxygens (including phenoxy) is 1. The number of carbonyl (C=O) groups excluding carboxylic acids is 2. The van der Waals surface area contributed by atoms with Crippen molar-refractivity contribution in [2.45, 2.75) is 78.4 Å². The van der Waals surface area contributed by atoms with Gasteiger partial charge in [0.05, 0.1) is 18.3 Å². The Morgan fingerprint density at radius 3 is 2.78 bits per heavy atom. The third kappa shape index (κ3) is 4.32. The Morgan fingerprint density at radius 2 is 2.06 bits per heavy atom. The van der Waals surface area contributed by atoms with Crippen LogP contribution >= 0.6 is 0 Å². The van der Waals surface area contributed by atoms with Gasteiger partial charge < -0.3 is 23.9 Å². The first-order valence-electron chi connectivity index (χ1n) is 12.1.